The lowest BCUT2D eigenvalue weighted by atomic mass is 10.0. The van der Waals surface area contributed by atoms with Crippen molar-refractivity contribution in [1.29, 1.82) is 0 Å². The molecule has 1 N–H and O–H groups in total. The van der Waals surface area contributed by atoms with Gasteiger partial charge in [0.1, 0.15) is 17.1 Å². The minimum Gasteiger partial charge on any atom is -0.350 e. The molecule has 0 bridgehead atoms. The first kappa shape index (κ1) is 15.9. The highest BCUT2D eigenvalue weighted by Crippen LogP contribution is 2.35. The first-order chi connectivity index (χ1) is 12.0. The van der Waals surface area contributed by atoms with Crippen molar-refractivity contribution < 1.29 is 9.42 Å². The summed E-state index contributed by atoms with van der Waals surface area (Å²) in [5.41, 5.74) is 6.60. The number of hydrogen-bond donors (Lipinski definition) is 1. The number of rotatable bonds is 2. The van der Waals surface area contributed by atoms with Crippen molar-refractivity contribution in [2.24, 2.45) is 0 Å². The topological polar surface area (TPSA) is 75.0 Å². The molecule has 0 radical (unpaired) electrons. The standard InChI is InChI=1S/C19H22N4O2/c1-10-7-8-11(2)16-15(10)12(3)17(20-16)19(24)23-9-5-6-14(23)18-13(4)21-25-22-18/h7-8,14,20H,5-6,9H2,1-4H3/t14-/m1/s1. The third kappa shape index (κ3) is 2.35. The van der Waals surface area contributed by atoms with Gasteiger partial charge in [-0.15, -0.1) is 0 Å². The lowest BCUT2D eigenvalue weighted by molar-refractivity contribution is 0.0724. The normalized spacial score (nSPS) is 17.6. The lowest BCUT2D eigenvalue weighted by Crippen LogP contribution is -2.31. The fraction of sp³-hybridized carbons (Fsp3) is 0.421. The number of likely N-dealkylation sites (tertiary alicyclic amines) is 1. The molecule has 0 unspecified atom stereocenters. The van der Waals surface area contributed by atoms with Crippen molar-refractivity contribution >= 4 is 16.8 Å². The van der Waals surface area contributed by atoms with E-state index in [4.69, 9.17) is 4.63 Å². The zero-order chi connectivity index (χ0) is 17.7. The van der Waals surface area contributed by atoms with Gasteiger partial charge in [0, 0.05) is 17.4 Å². The van der Waals surface area contributed by atoms with Gasteiger partial charge < -0.3 is 9.88 Å². The number of amides is 1. The van der Waals surface area contributed by atoms with Gasteiger partial charge in [0.25, 0.3) is 5.91 Å². The van der Waals surface area contributed by atoms with Gasteiger partial charge in [-0.05, 0) is 57.2 Å². The van der Waals surface area contributed by atoms with E-state index in [1.165, 1.54) is 5.56 Å². The Kier molecular flexibility index (Phi) is 3.63. The highest BCUT2D eigenvalue weighted by atomic mass is 16.6. The van der Waals surface area contributed by atoms with Crippen molar-refractivity contribution in [3.05, 3.63) is 45.9 Å². The maximum absolute atomic E-state index is 13.3. The average molecular weight is 338 g/mol. The van der Waals surface area contributed by atoms with Gasteiger partial charge in [-0.25, -0.2) is 4.63 Å². The van der Waals surface area contributed by atoms with Crippen LogP contribution in [0.15, 0.2) is 16.8 Å². The Bertz CT molecular complexity index is 969. The molecule has 25 heavy (non-hydrogen) atoms. The molecule has 1 fully saturated rings. The van der Waals surface area contributed by atoms with Gasteiger partial charge in [-0.1, -0.05) is 22.4 Å². The first-order valence-electron chi connectivity index (χ1n) is 8.67. The molecule has 3 aromatic rings. The number of aromatic nitrogens is 3. The average Bonchev–Trinajstić information content (AvgIpc) is 3.29. The number of carbonyl (C=O) groups excluding carboxylic acids is 1. The van der Waals surface area contributed by atoms with E-state index in [9.17, 15) is 4.79 Å². The van der Waals surface area contributed by atoms with E-state index in [2.05, 4.69) is 41.3 Å². The molecule has 1 amide bonds. The summed E-state index contributed by atoms with van der Waals surface area (Å²) in [6.07, 6.45) is 1.85. The van der Waals surface area contributed by atoms with Gasteiger partial charge in [0.2, 0.25) is 0 Å². The van der Waals surface area contributed by atoms with Crippen LogP contribution in [0.1, 0.15) is 57.5 Å². The Morgan fingerprint density at radius 1 is 1.20 bits per heavy atom. The molecule has 4 rings (SSSR count). The third-order valence-corrected chi connectivity index (χ3v) is 5.35. The van der Waals surface area contributed by atoms with Crippen molar-refractivity contribution in [3.63, 3.8) is 0 Å². The van der Waals surface area contributed by atoms with Gasteiger partial charge in [-0.2, -0.15) is 0 Å². The molecular formula is C19H22N4O2. The molecule has 0 spiro atoms. The molecule has 1 aromatic carbocycles. The fourth-order valence-electron chi connectivity index (χ4n) is 3.99. The SMILES string of the molecule is Cc1nonc1[C@H]1CCCN1C(=O)c1[nH]c2c(C)ccc(C)c2c1C. The summed E-state index contributed by atoms with van der Waals surface area (Å²) < 4.78 is 4.85. The predicted octanol–water partition coefficient (Wildman–Crippen LogP) is 3.76. The number of nitrogens with one attached hydrogen (secondary N) is 1. The van der Waals surface area contributed by atoms with Crippen molar-refractivity contribution in [2.75, 3.05) is 6.54 Å². The van der Waals surface area contributed by atoms with Crippen LogP contribution in [0, 0.1) is 27.7 Å². The summed E-state index contributed by atoms with van der Waals surface area (Å²) in [5.74, 6) is 0.0254. The third-order valence-electron chi connectivity index (χ3n) is 5.35. The van der Waals surface area contributed by atoms with Crippen LogP contribution in [0.3, 0.4) is 0 Å². The molecule has 6 nitrogen and oxygen atoms in total. The molecule has 2 aromatic heterocycles. The summed E-state index contributed by atoms with van der Waals surface area (Å²) >= 11 is 0. The summed E-state index contributed by atoms with van der Waals surface area (Å²) in [6, 6.07) is 4.13. The van der Waals surface area contributed by atoms with Gasteiger partial charge in [-0.3, -0.25) is 4.79 Å². The fourth-order valence-corrected chi connectivity index (χ4v) is 3.99. The second-order valence-electron chi connectivity index (χ2n) is 6.97. The first-order valence-corrected chi connectivity index (χ1v) is 8.67. The minimum absolute atomic E-state index is 0.0254. The molecule has 1 saturated heterocycles. The second-order valence-corrected chi connectivity index (χ2v) is 6.97. The van der Waals surface area contributed by atoms with Gasteiger partial charge in [0.15, 0.2) is 0 Å². The van der Waals surface area contributed by atoms with Crippen LogP contribution in [0.2, 0.25) is 0 Å². The van der Waals surface area contributed by atoms with E-state index in [1.807, 2.05) is 18.7 Å². The molecule has 1 aliphatic rings. The van der Waals surface area contributed by atoms with Gasteiger partial charge in [0.05, 0.1) is 6.04 Å². The van der Waals surface area contributed by atoms with Crippen LogP contribution >= 0.6 is 0 Å². The van der Waals surface area contributed by atoms with Crippen LogP contribution in [0.25, 0.3) is 10.9 Å². The summed E-state index contributed by atoms with van der Waals surface area (Å²) in [5, 5.41) is 9.05. The quantitative estimate of drug-likeness (QED) is 0.772. The number of H-pyrrole nitrogens is 1. The number of aryl methyl sites for hydroxylation is 4. The number of hydrogen-bond acceptors (Lipinski definition) is 4. The summed E-state index contributed by atoms with van der Waals surface area (Å²) in [6.45, 7) is 8.76. The zero-order valence-corrected chi connectivity index (χ0v) is 15.0. The Labute approximate surface area is 146 Å². The van der Waals surface area contributed by atoms with Crippen LogP contribution in [0.5, 0.6) is 0 Å². The van der Waals surface area contributed by atoms with Crippen molar-refractivity contribution in [2.45, 2.75) is 46.6 Å². The highest BCUT2D eigenvalue weighted by Gasteiger charge is 2.35. The number of nitrogens with zero attached hydrogens (tertiary/aromatic N) is 3. The molecule has 1 aliphatic heterocycles. The molecule has 3 heterocycles. The molecule has 6 heteroatoms. The molecular weight excluding hydrogens is 316 g/mol. The maximum Gasteiger partial charge on any atom is 0.271 e. The Morgan fingerprint density at radius 3 is 2.64 bits per heavy atom. The van der Waals surface area contributed by atoms with Crippen LogP contribution in [-0.4, -0.2) is 32.6 Å². The molecule has 130 valence electrons. The monoisotopic (exact) mass is 338 g/mol. The lowest BCUT2D eigenvalue weighted by Gasteiger charge is -2.23. The van der Waals surface area contributed by atoms with Crippen LogP contribution < -0.4 is 0 Å². The summed E-state index contributed by atoms with van der Waals surface area (Å²) in [4.78, 5) is 18.6. The minimum atomic E-state index is -0.0632. The Morgan fingerprint density at radius 2 is 1.96 bits per heavy atom. The number of benzene rings is 1. The van der Waals surface area contributed by atoms with E-state index < -0.39 is 0 Å². The number of carbonyl (C=O) groups is 1. The molecule has 0 aliphatic carbocycles. The molecule has 0 saturated carbocycles. The predicted molar refractivity (Wildman–Crippen MR) is 94.6 cm³/mol. The Hall–Kier alpha value is -2.63. The van der Waals surface area contributed by atoms with E-state index >= 15 is 0 Å². The number of fused-ring (bicyclic) bond motifs is 1. The highest BCUT2D eigenvalue weighted by molar-refractivity contribution is 6.02. The van der Waals surface area contributed by atoms with E-state index in [0.29, 0.717) is 5.69 Å². The van der Waals surface area contributed by atoms with E-state index in [0.717, 1.165) is 52.8 Å². The van der Waals surface area contributed by atoms with E-state index in [1.54, 1.807) is 0 Å². The maximum atomic E-state index is 13.3. The summed E-state index contributed by atoms with van der Waals surface area (Å²) in [7, 11) is 0. The second kappa shape index (κ2) is 5.72. The van der Waals surface area contributed by atoms with E-state index in [-0.39, 0.29) is 11.9 Å². The van der Waals surface area contributed by atoms with Gasteiger partial charge >= 0.3 is 0 Å². The van der Waals surface area contributed by atoms with Crippen molar-refractivity contribution in [1.82, 2.24) is 20.2 Å². The molecule has 1 atom stereocenters. The Balaban J connectivity index is 1.77. The van der Waals surface area contributed by atoms with Crippen molar-refractivity contribution in [3.8, 4) is 0 Å². The number of aromatic amines is 1. The smallest absolute Gasteiger partial charge is 0.271 e. The zero-order valence-electron chi connectivity index (χ0n) is 15.0. The largest absolute Gasteiger partial charge is 0.350 e. The van der Waals surface area contributed by atoms with Crippen LogP contribution in [-0.2, 0) is 0 Å². The van der Waals surface area contributed by atoms with Crippen LogP contribution in [0.4, 0.5) is 0 Å².